The van der Waals surface area contributed by atoms with Crippen LogP contribution >= 0.6 is 11.6 Å². The lowest BCUT2D eigenvalue weighted by molar-refractivity contribution is -0.141. The lowest BCUT2D eigenvalue weighted by Crippen LogP contribution is -2.33. The van der Waals surface area contributed by atoms with E-state index in [1.54, 1.807) is 6.92 Å². The van der Waals surface area contributed by atoms with Gasteiger partial charge in [-0.15, -0.1) is 5.10 Å². The van der Waals surface area contributed by atoms with E-state index >= 15 is 0 Å². The first-order valence-electron chi connectivity index (χ1n) is 13.3. The number of methoxy groups -OCH3 is 2. The van der Waals surface area contributed by atoms with E-state index in [1.807, 2.05) is 0 Å². The van der Waals surface area contributed by atoms with Crippen molar-refractivity contribution in [2.75, 3.05) is 26.1 Å². The molecule has 0 saturated carbocycles. The maximum atomic E-state index is 14.7. The fourth-order valence-electron chi connectivity index (χ4n) is 4.41. The van der Waals surface area contributed by atoms with E-state index < -0.39 is 53.6 Å². The predicted molar refractivity (Wildman–Crippen MR) is 156 cm³/mol. The quantitative estimate of drug-likeness (QED) is 0.187. The summed E-state index contributed by atoms with van der Waals surface area (Å²) in [5.41, 5.74) is -1.87. The lowest BCUT2D eigenvalue weighted by atomic mass is 10.0. The van der Waals surface area contributed by atoms with Crippen molar-refractivity contribution in [3.8, 4) is 22.6 Å². The van der Waals surface area contributed by atoms with E-state index in [0.29, 0.717) is 6.20 Å². The van der Waals surface area contributed by atoms with Gasteiger partial charge in [0.1, 0.15) is 24.2 Å². The molecule has 0 bridgehead atoms. The molecule has 0 spiro atoms. The van der Waals surface area contributed by atoms with E-state index in [1.165, 1.54) is 37.6 Å². The number of aromatic nitrogens is 4. The number of hydrogen-bond donors (Lipinski definition) is 2. The van der Waals surface area contributed by atoms with Crippen molar-refractivity contribution >= 4 is 35.1 Å². The van der Waals surface area contributed by atoms with Gasteiger partial charge in [0, 0.05) is 27.9 Å². The van der Waals surface area contributed by atoms with Gasteiger partial charge in [-0.05, 0) is 42.8 Å². The number of hydrogen-bond acceptors (Lipinski definition) is 8. The molecule has 46 heavy (non-hydrogen) atoms. The summed E-state index contributed by atoms with van der Waals surface area (Å²) >= 11 is 6.19. The predicted octanol–water partition coefficient (Wildman–Crippen LogP) is 4.41. The van der Waals surface area contributed by atoms with E-state index in [0.717, 1.165) is 34.6 Å². The Bertz CT molecular complexity index is 1860. The maximum Gasteiger partial charge on any atom is 0.436 e. The molecule has 0 unspecified atom stereocenters. The Hall–Kier alpha value is -5.25. The second-order valence-electron chi connectivity index (χ2n) is 9.58. The summed E-state index contributed by atoms with van der Waals surface area (Å²) in [4.78, 5) is 50.1. The highest BCUT2D eigenvalue weighted by molar-refractivity contribution is 6.31. The highest BCUT2D eigenvalue weighted by Gasteiger charge is 2.35. The Morgan fingerprint density at radius 3 is 2.39 bits per heavy atom. The van der Waals surface area contributed by atoms with Crippen LogP contribution in [0.3, 0.4) is 0 Å². The topological polar surface area (TPSA) is 146 Å². The maximum absolute atomic E-state index is 14.7. The molecule has 0 aliphatic carbocycles. The van der Waals surface area contributed by atoms with Crippen LogP contribution in [-0.2, 0) is 20.5 Å². The van der Waals surface area contributed by atoms with E-state index in [2.05, 4.69) is 25.7 Å². The van der Waals surface area contributed by atoms with Crippen LogP contribution in [0.25, 0.3) is 16.8 Å². The molecule has 0 aliphatic heterocycles. The molecule has 242 valence electrons. The Morgan fingerprint density at radius 1 is 1.04 bits per heavy atom. The molecule has 0 radical (unpaired) electrons. The van der Waals surface area contributed by atoms with Gasteiger partial charge in [-0.2, -0.15) is 13.2 Å². The molecule has 0 aliphatic rings. The van der Waals surface area contributed by atoms with Crippen molar-refractivity contribution in [1.29, 1.82) is 0 Å². The zero-order valence-electron chi connectivity index (χ0n) is 24.3. The summed E-state index contributed by atoms with van der Waals surface area (Å²) in [7, 11) is 2.42. The largest absolute Gasteiger partial charge is 0.495 e. The van der Waals surface area contributed by atoms with Crippen molar-refractivity contribution in [1.82, 2.24) is 24.9 Å². The van der Waals surface area contributed by atoms with Crippen LogP contribution in [0, 0.1) is 5.82 Å². The SMILES string of the molecule is CC[C@@H](C(=O)Nc1ccc(C(=O)NCC(=O)OC)c(F)c1)n1cc(OC)c(-c2cc(Cl)ccc2-n2cc(C(F)(F)F)nn2)cc1=O. The first kappa shape index (κ1) is 33.6. The molecule has 2 N–H and O–H groups in total. The fraction of sp³-hybridized carbons (Fsp3) is 0.241. The van der Waals surface area contributed by atoms with Crippen LogP contribution < -0.4 is 20.9 Å². The van der Waals surface area contributed by atoms with Crippen LogP contribution in [0.15, 0.2) is 59.7 Å². The van der Waals surface area contributed by atoms with Gasteiger partial charge in [-0.25, -0.2) is 9.07 Å². The number of benzene rings is 2. The van der Waals surface area contributed by atoms with Gasteiger partial charge in [0.05, 0.1) is 37.9 Å². The Labute approximate surface area is 262 Å². The third kappa shape index (κ3) is 7.34. The molecule has 2 aromatic heterocycles. The van der Waals surface area contributed by atoms with Gasteiger partial charge in [-0.3, -0.25) is 23.7 Å². The Balaban J connectivity index is 1.64. The third-order valence-corrected chi connectivity index (χ3v) is 6.91. The molecule has 2 heterocycles. The molecular weight excluding hydrogens is 640 g/mol. The highest BCUT2D eigenvalue weighted by atomic mass is 35.5. The van der Waals surface area contributed by atoms with Crippen LogP contribution in [-0.4, -0.2) is 58.1 Å². The van der Waals surface area contributed by atoms with Crippen LogP contribution in [0.1, 0.15) is 35.4 Å². The van der Waals surface area contributed by atoms with E-state index in [4.69, 9.17) is 16.3 Å². The lowest BCUT2D eigenvalue weighted by Gasteiger charge is -2.21. The van der Waals surface area contributed by atoms with Crippen molar-refractivity contribution in [2.45, 2.75) is 25.6 Å². The standard InChI is InChI=1S/C29H25ClF4N6O6/c1-4-21(28(44)36-16-6-7-17(20(31)10-16)27(43)35-12-26(42)46-3)39-13-23(45-2)19(11-25(39)41)18-9-15(30)5-8-22(18)40-14-24(37-38-40)29(32,33)34/h5-11,13-14,21H,4,12H2,1-3H3,(H,35,43)(H,36,44)/t21-/m0/s1. The minimum atomic E-state index is -4.74. The number of nitrogens with zero attached hydrogens (tertiary/aromatic N) is 4. The van der Waals surface area contributed by atoms with Crippen LogP contribution in [0.2, 0.25) is 5.02 Å². The number of nitrogens with one attached hydrogen (secondary N) is 2. The molecular formula is C29H25ClF4N6O6. The number of carbonyl (C=O) groups is 3. The average Bonchev–Trinajstić information content (AvgIpc) is 3.52. The van der Waals surface area contributed by atoms with Gasteiger partial charge in [0.2, 0.25) is 5.91 Å². The van der Waals surface area contributed by atoms with Crippen LogP contribution in [0.4, 0.5) is 23.2 Å². The third-order valence-electron chi connectivity index (χ3n) is 6.67. The Morgan fingerprint density at radius 2 is 1.78 bits per heavy atom. The number of anilines is 1. The molecule has 4 rings (SSSR count). The highest BCUT2D eigenvalue weighted by Crippen LogP contribution is 2.36. The van der Waals surface area contributed by atoms with Crippen LogP contribution in [0.5, 0.6) is 5.75 Å². The smallest absolute Gasteiger partial charge is 0.436 e. The molecule has 4 aromatic rings. The number of esters is 1. The van der Waals surface area contributed by atoms with E-state index in [-0.39, 0.29) is 45.3 Å². The minimum absolute atomic E-state index is 0.0169. The number of rotatable bonds is 10. The minimum Gasteiger partial charge on any atom is -0.495 e. The zero-order valence-corrected chi connectivity index (χ0v) is 25.1. The van der Waals surface area contributed by atoms with E-state index in [9.17, 15) is 36.7 Å². The average molecular weight is 665 g/mol. The van der Waals surface area contributed by atoms with Crippen molar-refractivity contribution in [3.05, 3.63) is 87.3 Å². The number of halogens is 5. The van der Waals surface area contributed by atoms with Crippen molar-refractivity contribution < 1.29 is 41.4 Å². The molecule has 2 amide bonds. The second kappa shape index (κ2) is 13.8. The van der Waals surface area contributed by atoms with Crippen molar-refractivity contribution in [2.24, 2.45) is 0 Å². The normalized spacial score (nSPS) is 11.9. The monoisotopic (exact) mass is 664 g/mol. The number of amides is 2. The Kier molecular flexibility index (Phi) is 10.1. The van der Waals surface area contributed by atoms with Gasteiger partial charge in [0.15, 0.2) is 5.69 Å². The number of pyridine rings is 1. The van der Waals surface area contributed by atoms with Gasteiger partial charge in [-0.1, -0.05) is 23.7 Å². The summed E-state index contributed by atoms with van der Waals surface area (Å²) in [5.74, 6) is -3.22. The molecule has 0 fully saturated rings. The first-order valence-corrected chi connectivity index (χ1v) is 13.7. The van der Waals surface area contributed by atoms with Gasteiger partial charge in [0.25, 0.3) is 11.5 Å². The molecule has 17 heteroatoms. The summed E-state index contributed by atoms with van der Waals surface area (Å²) in [6.45, 7) is 1.16. The molecule has 1 atom stereocenters. The second-order valence-corrected chi connectivity index (χ2v) is 10.0. The summed E-state index contributed by atoms with van der Waals surface area (Å²) in [5, 5.41) is 11.7. The summed E-state index contributed by atoms with van der Waals surface area (Å²) in [6, 6.07) is 7.51. The number of alkyl halides is 3. The van der Waals surface area contributed by atoms with Gasteiger partial charge < -0.3 is 20.1 Å². The van der Waals surface area contributed by atoms with Crippen molar-refractivity contribution in [3.63, 3.8) is 0 Å². The fourth-order valence-corrected chi connectivity index (χ4v) is 4.58. The molecule has 2 aromatic carbocycles. The summed E-state index contributed by atoms with van der Waals surface area (Å²) in [6.07, 6.45) is -2.70. The van der Waals surface area contributed by atoms with Gasteiger partial charge >= 0.3 is 12.1 Å². The zero-order chi connectivity index (χ0) is 33.8. The molecule has 0 saturated heterocycles. The first-order chi connectivity index (χ1) is 21.8. The summed E-state index contributed by atoms with van der Waals surface area (Å²) < 4.78 is 66.1. The number of carbonyl (C=O) groups excluding carboxylic acids is 3. The number of ether oxygens (including phenoxy) is 2. The molecule has 12 nitrogen and oxygen atoms in total.